The molecule has 1 N–H and O–H groups in total. The molecule has 6 heteroatoms. The number of esters is 1. The topological polar surface area (TPSA) is 81.7 Å². The number of nitrogens with one attached hydrogen (secondary N) is 1. The van der Waals surface area contributed by atoms with Crippen molar-refractivity contribution in [3.63, 3.8) is 0 Å². The first-order chi connectivity index (χ1) is 17.4. The fraction of sp³-hybridized carbons (Fsp3) is 0.500. The summed E-state index contributed by atoms with van der Waals surface area (Å²) in [6.45, 7) is 7.04. The molecule has 0 aromatic heterocycles. The maximum absolute atomic E-state index is 12.5. The summed E-state index contributed by atoms with van der Waals surface area (Å²) >= 11 is 0. The van der Waals surface area contributed by atoms with Crippen LogP contribution < -0.4 is 10.1 Å². The van der Waals surface area contributed by atoms with Gasteiger partial charge in [0.05, 0.1) is 18.6 Å². The monoisotopic (exact) mass is 493 g/mol. The Labute approximate surface area is 214 Å². The molecule has 0 bridgehead atoms. The molecule has 0 saturated heterocycles. The molecule has 0 radical (unpaired) electrons. The number of ether oxygens (including phenoxy) is 2. The Bertz CT molecular complexity index is 989. The van der Waals surface area contributed by atoms with Gasteiger partial charge in [-0.2, -0.15) is 0 Å². The van der Waals surface area contributed by atoms with E-state index >= 15 is 0 Å². The fourth-order valence-corrected chi connectivity index (χ4v) is 4.55. The molecule has 3 rings (SSSR count). The second-order valence-electron chi connectivity index (χ2n) is 9.95. The van der Waals surface area contributed by atoms with E-state index in [1.54, 1.807) is 12.1 Å². The molecule has 0 heterocycles. The molecule has 0 unspecified atom stereocenters. The van der Waals surface area contributed by atoms with Gasteiger partial charge in [-0.3, -0.25) is 14.4 Å². The molecule has 1 saturated carbocycles. The van der Waals surface area contributed by atoms with Crippen LogP contribution in [0.25, 0.3) is 0 Å². The Morgan fingerprint density at radius 3 is 2.17 bits per heavy atom. The lowest BCUT2D eigenvalue weighted by Crippen LogP contribution is -2.29. The third kappa shape index (κ3) is 8.51. The van der Waals surface area contributed by atoms with Gasteiger partial charge in [-0.25, -0.2) is 0 Å². The zero-order valence-corrected chi connectivity index (χ0v) is 21.8. The number of Topliss-reactive ketones (excluding diaryl/α,β-unsaturated/α-hetero) is 1. The first-order valence-corrected chi connectivity index (χ1v) is 13.2. The predicted octanol–water partition coefficient (Wildman–Crippen LogP) is 5.78. The van der Waals surface area contributed by atoms with E-state index in [9.17, 15) is 14.4 Å². The number of hydrogen-bond donors (Lipinski definition) is 1. The lowest BCUT2D eigenvalue weighted by Gasteiger charge is -2.27. The molecule has 0 spiro atoms. The van der Waals surface area contributed by atoms with E-state index in [1.165, 1.54) is 5.56 Å². The minimum Gasteiger partial charge on any atom is -0.490 e. The molecule has 1 aliphatic carbocycles. The summed E-state index contributed by atoms with van der Waals surface area (Å²) in [4.78, 5) is 36.8. The molecule has 1 aliphatic rings. The second kappa shape index (κ2) is 13.8. The summed E-state index contributed by atoms with van der Waals surface area (Å²) in [7, 11) is 0. The smallest absolute Gasteiger partial charge is 0.308 e. The van der Waals surface area contributed by atoms with E-state index in [1.807, 2.05) is 43.3 Å². The van der Waals surface area contributed by atoms with Crippen LogP contribution in [0.1, 0.15) is 85.6 Å². The van der Waals surface area contributed by atoms with Gasteiger partial charge >= 0.3 is 5.97 Å². The van der Waals surface area contributed by atoms with Crippen molar-refractivity contribution < 1.29 is 23.9 Å². The highest BCUT2D eigenvalue weighted by molar-refractivity contribution is 5.96. The number of ketones is 1. The van der Waals surface area contributed by atoms with Gasteiger partial charge in [0.25, 0.3) is 5.91 Å². The Balaban J connectivity index is 1.36. The van der Waals surface area contributed by atoms with Crippen LogP contribution >= 0.6 is 0 Å². The zero-order valence-electron chi connectivity index (χ0n) is 21.8. The first-order valence-electron chi connectivity index (χ1n) is 13.2. The van der Waals surface area contributed by atoms with Gasteiger partial charge in [0.2, 0.25) is 0 Å². The minimum atomic E-state index is -0.115. The summed E-state index contributed by atoms with van der Waals surface area (Å²) in [5.74, 6) is 1.12. The van der Waals surface area contributed by atoms with Gasteiger partial charge in [0, 0.05) is 24.1 Å². The van der Waals surface area contributed by atoms with Crippen molar-refractivity contribution in [1.29, 1.82) is 0 Å². The summed E-state index contributed by atoms with van der Waals surface area (Å²) in [5.41, 5.74) is 2.50. The summed E-state index contributed by atoms with van der Waals surface area (Å²) in [5, 5.41) is 2.90. The van der Waals surface area contributed by atoms with Gasteiger partial charge in [-0.05, 0) is 93.3 Å². The van der Waals surface area contributed by atoms with Gasteiger partial charge in [-0.1, -0.05) is 26.0 Å². The van der Waals surface area contributed by atoms with Crippen LogP contribution in [0.5, 0.6) is 5.75 Å². The van der Waals surface area contributed by atoms with Crippen LogP contribution in [0.3, 0.4) is 0 Å². The van der Waals surface area contributed by atoms with E-state index in [0.717, 1.165) is 37.9 Å². The number of carbonyl (C=O) groups excluding carboxylic acids is 3. The molecule has 0 atom stereocenters. The van der Waals surface area contributed by atoms with E-state index in [0.29, 0.717) is 43.0 Å². The third-order valence-corrected chi connectivity index (χ3v) is 6.50. The first kappa shape index (κ1) is 27.4. The van der Waals surface area contributed by atoms with Crippen molar-refractivity contribution in [3.8, 4) is 5.75 Å². The van der Waals surface area contributed by atoms with Crippen LogP contribution in [-0.2, 0) is 16.0 Å². The second-order valence-corrected chi connectivity index (χ2v) is 9.95. The Hall–Kier alpha value is -3.15. The van der Waals surface area contributed by atoms with Crippen molar-refractivity contribution in [3.05, 3.63) is 65.2 Å². The predicted molar refractivity (Wildman–Crippen MR) is 140 cm³/mol. The molecule has 194 valence electrons. The molecule has 0 aliphatic heterocycles. The summed E-state index contributed by atoms with van der Waals surface area (Å²) in [6, 6.07) is 14.9. The Morgan fingerprint density at radius 1 is 0.917 bits per heavy atom. The zero-order chi connectivity index (χ0) is 25.9. The highest BCUT2D eigenvalue weighted by Gasteiger charge is 2.28. The molecule has 1 fully saturated rings. The third-order valence-electron chi connectivity index (χ3n) is 6.50. The molecule has 2 aromatic rings. The van der Waals surface area contributed by atoms with Gasteiger partial charge in [-0.15, -0.1) is 0 Å². The van der Waals surface area contributed by atoms with E-state index < -0.39 is 0 Å². The Kier molecular flexibility index (Phi) is 10.5. The van der Waals surface area contributed by atoms with Gasteiger partial charge < -0.3 is 14.8 Å². The fourth-order valence-electron chi connectivity index (χ4n) is 4.55. The van der Waals surface area contributed by atoms with Crippen molar-refractivity contribution in [1.82, 2.24) is 5.32 Å². The summed E-state index contributed by atoms with van der Waals surface area (Å²) < 4.78 is 11.2. The average molecular weight is 494 g/mol. The molecule has 2 aromatic carbocycles. The van der Waals surface area contributed by atoms with Gasteiger partial charge in [0.15, 0.2) is 5.78 Å². The quantitative estimate of drug-likeness (QED) is 0.230. The van der Waals surface area contributed by atoms with E-state index in [-0.39, 0.29) is 29.7 Å². The number of carbonyl (C=O) groups is 3. The number of amides is 1. The Morgan fingerprint density at radius 2 is 1.56 bits per heavy atom. The van der Waals surface area contributed by atoms with Crippen molar-refractivity contribution in [2.75, 3.05) is 13.2 Å². The molecule has 6 nitrogen and oxygen atoms in total. The normalized spacial score (nSPS) is 17.4. The number of rotatable bonds is 12. The van der Waals surface area contributed by atoms with Crippen LogP contribution in [0.4, 0.5) is 0 Å². The highest BCUT2D eigenvalue weighted by atomic mass is 16.5. The lowest BCUT2D eigenvalue weighted by atomic mass is 9.87. The van der Waals surface area contributed by atoms with E-state index in [2.05, 4.69) is 19.2 Å². The summed E-state index contributed by atoms with van der Waals surface area (Å²) in [6.07, 6.45) is 5.21. The highest BCUT2D eigenvalue weighted by Crippen LogP contribution is 2.28. The van der Waals surface area contributed by atoms with Crippen LogP contribution in [0, 0.1) is 11.8 Å². The van der Waals surface area contributed by atoms with Gasteiger partial charge in [0.1, 0.15) is 5.75 Å². The van der Waals surface area contributed by atoms with Crippen LogP contribution in [-0.4, -0.2) is 36.9 Å². The SMILES string of the molecule is CCOC(=O)C1CCC(Oc2ccc(C(=O)CCCNC(=O)c3ccc(CC(C)C)cc3)cc2)CC1. The van der Waals surface area contributed by atoms with Crippen LogP contribution in [0.15, 0.2) is 48.5 Å². The number of hydrogen-bond acceptors (Lipinski definition) is 5. The maximum Gasteiger partial charge on any atom is 0.308 e. The molecular weight excluding hydrogens is 454 g/mol. The van der Waals surface area contributed by atoms with Crippen molar-refractivity contribution >= 4 is 17.7 Å². The largest absolute Gasteiger partial charge is 0.490 e. The molecule has 1 amide bonds. The van der Waals surface area contributed by atoms with Crippen LogP contribution in [0.2, 0.25) is 0 Å². The minimum absolute atomic E-state index is 0.0233. The maximum atomic E-state index is 12.5. The average Bonchev–Trinajstić information content (AvgIpc) is 2.87. The van der Waals surface area contributed by atoms with E-state index in [4.69, 9.17) is 9.47 Å². The standard InChI is InChI=1S/C30H39NO5/c1-4-35-30(34)25-13-17-27(18-14-25)36-26-15-11-23(12-16-26)28(32)6-5-19-31-29(33)24-9-7-22(8-10-24)20-21(2)3/h7-12,15-16,21,25,27H,4-6,13-14,17-20H2,1-3H3,(H,31,33). The molecule has 36 heavy (non-hydrogen) atoms. The van der Waals surface area contributed by atoms with Crippen molar-refractivity contribution in [2.24, 2.45) is 11.8 Å². The van der Waals surface area contributed by atoms with Crippen molar-refractivity contribution in [2.45, 2.75) is 71.8 Å². The molecular formula is C30H39NO5. The number of benzene rings is 2. The lowest BCUT2D eigenvalue weighted by molar-refractivity contribution is -0.149.